The van der Waals surface area contributed by atoms with Crippen LogP contribution in [-0.2, 0) is 9.31 Å². The van der Waals surface area contributed by atoms with Crippen molar-refractivity contribution < 1.29 is 13.7 Å². The van der Waals surface area contributed by atoms with Gasteiger partial charge in [-0.05, 0) is 40.3 Å². The summed E-state index contributed by atoms with van der Waals surface area (Å²) in [4.78, 5) is 8.73. The van der Waals surface area contributed by atoms with Crippen LogP contribution in [0.25, 0.3) is 0 Å². The highest BCUT2D eigenvalue weighted by molar-refractivity contribution is 6.62. The molecule has 1 aromatic heterocycles. The second-order valence-electron chi connectivity index (χ2n) is 7.58. The van der Waals surface area contributed by atoms with Gasteiger partial charge in [0.2, 0.25) is 0 Å². The molecule has 0 saturated carbocycles. The average molecular weight is 335 g/mol. The molecule has 0 bridgehead atoms. The van der Waals surface area contributed by atoms with Crippen LogP contribution in [0.15, 0.2) is 12.3 Å². The van der Waals surface area contributed by atoms with Crippen molar-refractivity contribution in [2.24, 2.45) is 0 Å². The fraction of sp³-hybridized carbons (Fsp3) is 0.706. The molecule has 3 rings (SSSR count). The van der Waals surface area contributed by atoms with Crippen LogP contribution in [-0.4, -0.2) is 60.9 Å². The predicted octanol–water partition coefficient (Wildman–Crippen LogP) is 1.66. The fourth-order valence-electron chi connectivity index (χ4n) is 3.06. The van der Waals surface area contributed by atoms with Gasteiger partial charge in [-0.15, -0.1) is 0 Å². The van der Waals surface area contributed by atoms with E-state index in [-0.39, 0.29) is 5.82 Å². The minimum absolute atomic E-state index is 0.313. The maximum atomic E-state index is 14.6. The van der Waals surface area contributed by atoms with Crippen molar-refractivity contribution in [3.63, 3.8) is 0 Å². The minimum atomic E-state index is -0.581. The number of hydrogen-bond acceptors (Lipinski definition) is 5. The van der Waals surface area contributed by atoms with Gasteiger partial charge in [0.25, 0.3) is 0 Å². The predicted molar refractivity (Wildman–Crippen MR) is 94.2 cm³/mol. The molecule has 5 nitrogen and oxygen atoms in total. The van der Waals surface area contributed by atoms with Crippen molar-refractivity contribution in [2.45, 2.75) is 45.8 Å². The van der Waals surface area contributed by atoms with E-state index in [2.05, 4.69) is 16.8 Å². The van der Waals surface area contributed by atoms with Crippen LogP contribution in [0.2, 0.25) is 0 Å². The number of pyridine rings is 1. The van der Waals surface area contributed by atoms with Crippen LogP contribution in [0.1, 0.15) is 34.6 Å². The topological polar surface area (TPSA) is 37.8 Å². The van der Waals surface area contributed by atoms with Crippen LogP contribution < -0.4 is 10.4 Å². The Morgan fingerprint density at radius 1 is 1.12 bits per heavy atom. The molecule has 0 atom stereocenters. The van der Waals surface area contributed by atoms with Gasteiger partial charge in [-0.1, -0.05) is 6.92 Å². The van der Waals surface area contributed by atoms with E-state index in [1.165, 1.54) is 6.07 Å². The van der Waals surface area contributed by atoms with Crippen molar-refractivity contribution in [3.8, 4) is 0 Å². The quantitative estimate of drug-likeness (QED) is 0.786. The second-order valence-corrected chi connectivity index (χ2v) is 7.58. The maximum absolute atomic E-state index is 14.6. The molecule has 2 saturated heterocycles. The molecule has 0 N–H and O–H groups in total. The van der Waals surface area contributed by atoms with Crippen molar-refractivity contribution >= 4 is 18.4 Å². The van der Waals surface area contributed by atoms with Crippen LogP contribution in [0.3, 0.4) is 0 Å². The van der Waals surface area contributed by atoms with Crippen molar-refractivity contribution in [1.29, 1.82) is 0 Å². The van der Waals surface area contributed by atoms with Gasteiger partial charge in [0.05, 0.1) is 11.2 Å². The lowest BCUT2D eigenvalue weighted by Crippen LogP contribution is -2.47. The molecule has 1 aromatic rings. The zero-order chi connectivity index (χ0) is 17.5. The smallest absolute Gasteiger partial charge is 0.399 e. The molecule has 24 heavy (non-hydrogen) atoms. The number of nitrogens with zero attached hydrogens (tertiary/aromatic N) is 3. The van der Waals surface area contributed by atoms with Gasteiger partial charge in [-0.25, -0.2) is 9.37 Å². The lowest BCUT2D eigenvalue weighted by atomic mass is 9.80. The van der Waals surface area contributed by atoms with E-state index >= 15 is 0 Å². The number of hydrogen-bond donors (Lipinski definition) is 0. The summed E-state index contributed by atoms with van der Waals surface area (Å²) in [5, 5.41) is 0. The second kappa shape index (κ2) is 6.28. The lowest BCUT2D eigenvalue weighted by molar-refractivity contribution is 0.00578. The molecular formula is C17H27BFN3O2. The molecule has 0 aliphatic carbocycles. The van der Waals surface area contributed by atoms with Gasteiger partial charge in [0, 0.05) is 37.8 Å². The molecule has 0 radical (unpaired) electrons. The Morgan fingerprint density at radius 2 is 1.71 bits per heavy atom. The van der Waals surface area contributed by atoms with Gasteiger partial charge >= 0.3 is 7.12 Å². The molecule has 0 unspecified atom stereocenters. The third kappa shape index (κ3) is 3.17. The number of anilines is 1. The van der Waals surface area contributed by atoms with Crippen LogP contribution in [0, 0.1) is 5.82 Å². The number of halogens is 1. The first-order chi connectivity index (χ1) is 11.2. The summed E-state index contributed by atoms with van der Waals surface area (Å²) in [6, 6.07) is 1.50. The van der Waals surface area contributed by atoms with Crippen molar-refractivity contribution in [2.75, 3.05) is 37.6 Å². The van der Waals surface area contributed by atoms with Gasteiger partial charge < -0.3 is 19.1 Å². The summed E-state index contributed by atoms with van der Waals surface area (Å²) >= 11 is 0. The molecular weight excluding hydrogens is 308 g/mol. The Balaban J connectivity index is 1.74. The van der Waals surface area contributed by atoms with E-state index in [1.807, 2.05) is 32.6 Å². The lowest BCUT2D eigenvalue weighted by Gasteiger charge is -2.34. The first-order valence-corrected chi connectivity index (χ1v) is 8.72. The largest absolute Gasteiger partial charge is 0.496 e. The van der Waals surface area contributed by atoms with E-state index in [0.29, 0.717) is 11.3 Å². The standard InChI is InChI=1S/C17H27BFN3O2/c1-6-21-7-9-22(10-8-21)15-14(19)11-13(12-20-15)18-23-16(2,3)17(4,5)24-18/h11-12H,6-10H2,1-5H3. The van der Waals surface area contributed by atoms with Crippen molar-refractivity contribution in [1.82, 2.24) is 9.88 Å². The van der Waals surface area contributed by atoms with Crippen LogP contribution >= 0.6 is 0 Å². The molecule has 2 fully saturated rings. The Morgan fingerprint density at radius 3 is 2.21 bits per heavy atom. The summed E-state index contributed by atoms with van der Waals surface area (Å²) < 4.78 is 26.6. The van der Waals surface area contributed by atoms with Gasteiger partial charge in [0.15, 0.2) is 11.6 Å². The zero-order valence-electron chi connectivity index (χ0n) is 15.3. The van der Waals surface area contributed by atoms with E-state index in [1.54, 1.807) is 6.20 Å². The first kappa shape index (κ1) is 17.6. The highest BCUT2D eigenvalue weighted by Gasteiger charge is 2.52. The first-order valence-electron chi connectivity index (χ1n) is 8.72. The molecule has 132 valence electrons. The molecule has 2 aliphatic rings. The van der Waals surface area contributed by atoms with Crippen LogP contribution in [0.5, 0.6) is 0 Å². The van der Waals surface area contributed by atoms with E-state index in [4.69, 9.17) is 9.31 Å². The normalized spacial score (nSPS) is 23.8. The monoisotopic (exact) mass is 335 g/mol. The Hall–Kier alpha value is -1.18. The molecule has 2 aliphatic heterocycles. The SMILES string of the molecule is CCN1CCN(c2ncc(B3OC(C)(C)C(C)(C)O3)cc2F)CC1. The number of likely N-dealkylation sites (N-methyl/N-ethyl adjacent to an activating group) is 1. The average Bonchev–Trinajstić information content (AvgIpc) is 2.75. The Kier molecular flexibility index (Phi) is 4.62. The minimum Gasteiger partial charge on any atom is -0.399 e. The maximum Gasteiger partial charge on any atom is 0.496 e. The number of piperazine rings is 1. The van der Waals surface area contributed by atoms with Gasteiger partial charge in [0.1, 0.15) is 0 Å². The molecule has 3 heterocycles. The summed E-state index contributed by atoms with van der Waals surface area (Å²) in [5.41, 5.74) is -0.255. The molecule has 7 heteroatoms. The summed E-state index contributed by atoms with van der Waals surface area (Å²) in [6.45, 7) is 14.6. The van der Waals surface area contributed by atoms with E-state index in [9.17, 15) is 4.39 Å². The fourth-order valence-corrected chi connectivity index (χ4v) is 3.06. The number of rotatable bonds is 3. The van der Waals surface area contributed by atoms with E-state index in [0.717, 1.165) is 32.7 Å². The van der Waals surface area contributed by atoms with Gasteiger partial charge in [-0.3, -0.25) is 0 Å². The zero-order valence-corrected chi connectivity index (χ0v) is 15.3. The van der Waals surface area contributed by atoms with Crippen molar-refractivity contribution in [3.05, 3.63) is 18.1 Å². The third-order valence-electron chi connectivity index (χ3n) is 5.49. The third-order valence-corrected chi connectivity index (χ3v) is 5.49. The van der Waals surface area contributed by atoms with Crippen LogP contribution in [0.4, 0.5) is 10.2 Å². The molecule has 0 aromatic carbocycles. The summed E-state index contributed by atoms with van der Waals surface area (Å²) in [5.74, 6) is 0.109. The Bertz CT molecular complexity index is 587. The highest BCUT2D eigenvalue weighted by Crippen LogP contribution is 2.36. The summed E-state index contributed by atoms with van der Waals surface area (Å²) in [7, 11) is -0.581. The molecule has 0 spiro atoms. The molecule has 0 amide bonds. The summed E-state index contributed by atoms with van der Waals surface area (Å²) in [6.07, 6.45) is 1.67. The highest BCUT2D eigenvalue weighted by atomic mass is 19.1. The number of aromatic nitrogens is 1. The van der Waals surface area contributed by atoms with E-state index < -0.39 is 18.3 Å². The van der Waals surface area contributed by atoms with Gasteiger partial charge in [-0.2, -0.15) is 0 Å². The Labute approximate surface area is 144 Å².